The van der Waals surface area contributed by atoms with Crippen LogP contribution in [-0.2, 0) is 0 Å². The smallest absolute Gasteiger partial charge is 0.104 e. The summed E-state index contributed by atoms with van der Waals surface area (Å²) in [6.45, 7) is 2.07. The van der Waals surface area contributed by atoms with Crippen LogP contribution in [0.5, 0.6) is 0 Å². The minimum Gasteiger partial charge on any atom is -0.249 e. The highest BCUT2D eigenvalue weighted by molar-refractivity contribution is 14.1. The molecular formula is C6H5I2N. The van der Waals surface area contributed by atoms with E-state index in [4.69, 9.17) is 0 Å². The first-order valence-electron chi connectivity index (χ1n) is 2.48. The van der Waals surface area contributed by atoms with Crippen LogP contribution in [0.4, 0.5) is 0 Å². The van der Waals surface area contributed by atoms with Gasteiger partial charge in [0.2, 0.25) is 0 Å². The van der Waals surface area contributed by atoms with Crippen LogP contribution in [-0.4, -0.2) is 4.98 Å². The number of hydrogen-bond acceptors (Lipinski definition) is 1. The van der Waals surface area contributed by atoms with Crippen LogP contribution >= 0.6 is 45.2 Å². The summed E-state index contributed by atoms with van der Waals surface area (Å²) in [5, 5.41) is 0. The second-order valence-electron chi connectivity index (χ2n) is 1.76. The second-order valence-corrected chi connectivity index (χ2v) is 4.03. The minimum atomic E-state index is 1.09. The Balaban J connectivity index is 3.17. The van der Waals surface area contributed by atoms with Gasteiger partial charge in [0.25, 0.3) is 0 Å². The van der Waals surface area contributed by atoms with Crippen LogP contribution in [0.3, 0.4) is 0 Å². The monoisotopic (exact) mass is 345 g/mol. The fourth-order valence-corrected chi connectivity index (χ4v) is 1.43. The molecule has 48 valence electrons. The van der Waals surface area contributed by atoms with Crippen LogP contribution in [0.2, 0.25) is 0 Å². The lowest BCUT2D eigenvalue weighted by Crippen LogP contribution is -1.85. The van der Waals surface area contributed by atoms with Crippen molar-refractivity contribution >= 4 is 45.2 Å². The van der Waals surface area contributed by atoms with Gasteiger partial charge in [-0.2, -0.15) is 0 Å². The Bertz CT molecular complexity index is 222. The number of pyridine rings is 1. The minimum absolute atomic E-state index is 1.09. The fourth-order valence-electron chi connectivity index (χ4n) is 0.524. The predicted octanol–water partition coefficient (Wildman–Crippen LogP) is 2.60. The molecule has 9 heavy (non-hydrogen) atoms. The molecule has 1 aromatic heterocycles. The van der Waals surface area contributed by atoms with Crippen molar-refractivity contribution in [2.45, 2.75) is 6.92 Å². The van der Waals surface area contributed by atoms with E-state index in [-0.39, 0.29) is 0 Å². The van der Waals surface area contributed by atoms with Gasteiger partial charge in [-0.15, -0.1) is 0 Å². The van der Waals surface area contributed by atoms with Crippen molar-refractivity contribution in [2.24, 2.45) is 0 Å². The molecule has 0 spiro atoms. The van der Waals surface area contributed by atoms with Crippen LogP contribution in [0.1, 0.15) is 5.56 Å². The Morgan fingerprint density at radius 3 is 2.56 bits per heavy atom. The molecule has 0 bridgehead atoms. The SMILES string of the molecule is Cc1cc(I)cnc1I. The van der Waals surface area contributed by atoms with Crippen molar-refractivity contribution in [3.63, 3.8) is 0 Å². The predicted molar refractivity (Wildman–Crippen MR) is 54.4 cm³/mol. The molecule has 0 aliphatic heterocycles. The van der Waals surface area contributed by atoms with Crippen molar-refractivity contribution in [1.82, 2.24) is 4.98 Å². The summed E-state index contributed by atoms with van der Waals surface area (Å²) in [4.78, 5) is 4.16. The number of aromatic nitrogens is 1. The van der Waals surface area contributed by atoms with Crippen LogP contribution in [0, 0.1) is 14.2 Å². The van der Waals surface area contributed by atoms with E-state index in [0.29, 0.717) is 0 Å². The summed E-state index contributed by atoms with van der Waals surface area (Å²) in [5.74, 6) is 0. The Labute approximate surface area is 81.5 Å². The average Bonchev–Trinajstić information content (AvgIpc) is 1.80. The van der Waals surface area contributed by atoms with Crippen molar-refractivity contribution in [1.29, 1.82) is 0 Å². The van der Waals surface area contributed by atoms with Gasteiger partial charge in [-0.05, 0) is 63.7 Å². The Morgan fingerprint density at radius 1 is 1.44 bits per heavy atom. The molecule has 1 nitrogen and oxygen atoms in total. The van der Waals surface area contributed by atoms with E-state index >= 15 is 0 Å². The van der Waals surface area contributed by atoms with E-state index in [1.165, 1.54) is 9.13 Å². The summed E-state index contributed by atoms with van der Waals surface area (Å²) in [6, 6.07) is 2.12. The first-order valence-corrected chi connectivity index (χ1v) is 4.63. The maximum atomic E-state index is 4.16. The summed E-state index contributed by atoms with van der Waals surface area (Å²) < 4.78 is 2.29. The molecule has 1 heterocycles. The number of aryl methyl sites for hydroxylation is 1. The normalized spacial score (nSPS) is 9.67. The van der Waals surface area contributed by atoms with Crippen molar-refractivity contribution < 1.29 is 0 Å². The van der Waals surface area contributed by atoms with Crippen molar-refractivity contribution in [3.05, 3.63) is 25.1 Å². The second kappa shape index (κ2) is 3.14. The first kappa shape index (κ1) is 7.71. The summed E-state index contributed by atoms with van der Waals surface area (Å²) in [5.41, 5.74) is 1.25. The highest BCUT2D eigenvalue weighted by Crippen LogP contribution is 2.10. The van der Waals surface area contributed by atoms with Crippen LogP contribution in [0.15, 0.2) is 12.3 Å². The van der Waals surface area contributed by atoms with Gasteiger partial charge in [-0.1, -0.05) is 0 Å². The largest absolute Gasteiger partial charge is 0.249 e. The van der Waals surface area contributed by atoms with E-state index in [0.717, 1.165) is 3.70 Å². The molecule has 0 saturated heterocycles. The maximum Gasteiger partial charge on any atom is 0.104 e. The van der Waals surface area contributed by atoms with Crippen LogP contribution < -0.4 is 0 Å². The van der Waals surface area contributed by atoms with Gasteiger partial charge in [0.1, 0.15) is 3.70 Å². The third-order valence-corrected chi connectivity index (χ3v) is 2.70. The van der Waals surface area contributed by atoms with Gasteiger partial charge in [-0.25, -0.2) is 4.98 Å². The highest BCUT2D eigenvalue weighted by Gasteiger charge is 1.93. The van der Waals surface area contributed by atoms with E-state index in [9.17, 15) is 0 Å². The average molecular weight is 345 g/mol. The summed E-state index contributed by atoms with van der Waals surface area (Å²) in [7, 11) is 0. The lowest BCUT2D eigenvalue weighted by Gasteiger charge is -1.94. The lowest BCUT2D eigenvalue weighted by atomic mass is 10.3. The molecule has 0 N–H and O–H groups in total. The quantitative estimate of drug-likeness (QED) is 0.521. The molecule has 1 rings (SSSR count). The molecule has 0 amide bonds. The van der Waals surface area contributed by atoms with E-state index < -0.39 is 0 Å². The zero-order valence-electron chi connectivity index (χ0n) is 4.86. The molecule has 0 atom stereocenters. The van der Waals surface area contributed by atoms with Gasteiger partial charge < -0.3 is 0 Å². The number of halogens is 2. The standard InChI is InChI=1S/C6H5I2N/c1-4-2-5(7)3-9-6(4)8/h2-3H,1H3. The molecule has 1 aromatic rings. The van der Waals surface area contributed by atoms with E-state index in [1.54, 1.807) is 0 Å². The molecular weight excluding hydrogens is 340 g/mol. The van der Waals surface area contributed by atoms with Crippen LogP contribution in [0.25, 0.3) is 0 Å². The number of rotatable bonds is 0. The number of nitrogens with zero attached hydrogens (tertiary/aromatic N) is 1. The first-order chi connectivity index (χ1) is 4.20. The molecule has 0 saturated carbocycles. The summed E-state index contributed by atoms with van der Waals surface area (Å²) in [6.07, 6.45) is 1.87. The Hall–Kier alpha value is 0.610. The topological polar surface area (TPSA) is 12.9 Å². The third-order valence-electron chi connectivity index (χ3n) is 0.981. The van der Waals surface area contributed by atoms with Gasteiger partial charge in [0.05, 0.1) is 0 Å². The summed E-state index contributed by atoms with van der Waals surface area (Å²) >= 11 is 4.48. The maximum absolute atomic E-state index is 4.16. The Morgan fingerprint density at radius 2 is 2.11 bits per heavy atom. The van der Waals surface area contributed by atoms with Gasteiger partial charge >= 0.3 is 0 Å². The van der Waals surface area contributed by atoms with Gasteiger partial charge in [0.15, 0.2) is 0 Å². The third kappa shape index (κ3) is 2.03. The Kier molecular flexibility index (Phi) is 2.69. The molecule has 0 aliphatic carbocycles. The van der Waals surface area contributed by atoms with E-state index in [2.05, 4.69) is 63.2 Å². The van der Waals surface area contributed by atoms with E-state index in [1.807, 2.05) is 6.20 Å². The molecule has 0 aromatic carbocycles. The van der Waals surface area contributed by atoms with Gasteiger partial charge in [-0.3, -0.25) is 0 Å². The molecule has 0 radical (unpaired) electrons. The zero-order valence-corrected chi connectivity index (χ0v) is 9.17. The highest BCUT2D eigenvalue weighted by atomic mass is 127. The number of hydrogen-bond donors (Lipinski definition) is 0. The molecule has 0 fully saturated rings. The van der Waals surface area contributed by atoms with Crippen molar-refractivity contribution in [3.8, 4) is 0 Å². The molecule has 3 heteroatoms. The van der Waals surface area contributed by atoms with Gasteiger partial charge in [0, 0.05) is 9.77 Å². The molecule has 0 aliphatic rings. The molecule has 0 unspecified atom stereocenters. The zero-order chi connectivity index (χ0) is 6.85. The van der Waals surface area contributed by atoms with Crippen molar-refractivity contribution in [2.75, 3.05) is 0 Å². The fraction of sp³-hybridized carbons (Fsp3) is 0.167. The lowest BCUT2D eigenvalue weighted by molar-refractivity contribution is 1.20.